The van der Waals surface area contributed by atoms with Crippen molar-refractivity contribution in [2.75, 3.05) is 18.0 Å². The van der Waals surface area contributed by atoms with Crippen molar-refractivity contribution in [2.24, 2.45) is 0 Å². The molecule has 1 aliphatic rings. The lowest BCUT2D eigenvalue weighted by Gasteiger charge is -2.20. The lowest BCUT2D eigenvalue weighted by molar-refractivity contribution is 0.669. The summed E-state index contributed by atoms with van der Waals surface area (Å²) in [5.74, 6) is 1.67. The molecule has 0 saturated carbocycles. The summed E-state index contributed by atoms with van der Waals surface area (Å²) in [6, 6.07) is 20.1. The van der Waals surface area contributed by atoms with Gasteiger partial charge in [0.1, 0.15) is 22.6 Å². The van der Waals surface area contributed by atoms with Crippen molar-refractivity contribution in [3.05, 3.63) is 72.1 Å². The first-order valence-corrected chi connectivity index (χ1v) is 11.5. The average molecular weight is 417 g/mol. The lowest BCUT2D eigenvalue weighted by atomic mass is 10.1. The Balaban J connectivity index is 1.46. The van der Waals surface area contributed by atoms with Crippen LogP contribution in [0.5, 0.6) is 0 Å². The molecule has 4 aromatic rings. The number of fused-ring (bicyclic) bond motifs is 2. The second kappa shape index (κ2) is 8.13. The van der Waals surface area contributed by atoms with Crippen LogP contribution in [0, 0.1) is 6.92 Å². The van der Waals surface area contributed by atoms with E-state index in [-0.39, 0.29) is 0 Å². The lowest BCUT2D eigenvalue weighted by Crippen LogP contribution is -2.23. The topological polar surface area (TPSA) is 58.1 Å². The Bertz CT molecular complexity index is 1250. The highest BCUT2D eigenvalue weighted by Gasteiger charge is 2.19. The minimum Gasteiger partial charge on any atom is -0.356 e. The first kappa shape index (κ1) is 19.2. The molecule has 5 rings (SSSR count). The Morgan fingerprint density at radius 3 is 2.60 bits per heavy atom. The zero-order valence-electron chi connectivity index (χ0n) is 17.0. The molecular weight excluding hydrogens is 392 g/mol. The van der Waals surface area contributed by atoms with Crippen molar-refractivity contribution in [2.45, 2.75) is 31.2 Å². The number of rotatable bonds is 5. The van der Waals surface area contributed by atoms with Gasteiger partial charge < -0.3 is 4.90 Å². The Hall–Kier alpha value is -2.83. The summed E-state index contributed by atoms with van der Waals surface area (Å²) < 4.78 is 16.2. The number of benzene rings is 3. The molecule has 152 valence electrons. The molecule has 1 saturated heterocycles. The number of hydrogen-bond donors (Lipinski definition) is 1. The third kappa shape index (κ3) is 3.57. The summed E-state index contributed by atoms with van der Waals surface area (Å²) in [4.78, 5) is 12.8. The molecule has 5 nitrogen and oxygen atoms in total. The van der Waals surface area contributed by atoms with E-state index in [0.717, 1.165) is 45.5 Å². The van der Waals surface area contributed by atoms with Crippen LogP contribution in [0.25, 0.3) is 21.7 Å². The number of nitrogens with zero attached hydrogens (tertiary/aromatic N) is 3. The van der Waals surface area contributed by atoms with E-state index in [1.54, 1.807) is 0 Å². The Kier molecular flexibility index (Phi) is 5.19. The van der Waals surface area contributed by atoms with Crippen molar-refractivity contribution in [3.63, 3.8) is 0 Å². The van der Waals surface area contributed by atoms with E-state index in [4.69, 9.17) is 9.97 Å². The van der Waals surface area contributed by atoms with Crippen LogP contribution in [0.15, 0.2) is 65.6 Å². The second-order valence-electron chi connectivity index (χ2n) is 7.69. The monoisotopic (exact) mass is 416 g/mol. The van der Waals surface area contributed by atoms with Gasteiger partial charge >= 0.3 is 0 Å². The van der Waals surface area contributed by atoms with Crippen LogP contribution >= 0.6 is 0 Å². The minimum absolute atomic E-state index is 0.348. The van der Waals surface area contributed by atoms with Gasteiger partial charge in [0.2, 0.25) is 0 Å². The first-order chi connectivity index (χ1) is 14.7. The number of hydrogen-bond acceptors (Lipinski definition) is 4. The summed E-state index contributed by atoms with van der Waals surface area (Å²) in [5.41, 5.74) is 2.13. The summed E-state index contributed by atoms with van der Waals surface area (Å²) in [5, 5.41) is 3.20. The molecule has 3 aromatic carbocycles. The standard InChI is InChI=1S/C24H24N4OS/c1-17-8-6-12-20-23(17)24(28-14-4-5-15-28)27-22(26-20)16-25-30(29)21-13-7-10-18-9-2-3-11-19(18)21/h2-3,6-13,25H,4-5,14-16H2,1H3. The van der Waals surface area contributed by atoms with Gasteiger partial charge in [-0.3, -0.25) is 0 Å². The van der Waals surface area contributed by atoms with Gasteiger partial charge in [-0.15, -0.1) is 0 Å². The minimum atomic E-state index is -1.35. The smallest absolute Gasteiger partial charge is 0.146 e. The molecule has 1 fully saturated rings. The molecule has 1 aromatic heterocycles. The van der Waals surface area contributed by atoms with Gasteiger partial charge in [0.15, 0.2) is 0 Å². The van der Waals surface area contributed by atoms with Gasteiger partial charge in [-0.25, -0.2) is 18.9 Å². The maximum absolute atomic E-state index is 13.0. The molecule has 0 amide bonds. The number of aryl methyl sites for hydroxylation is 1. The molecule has 1 N–H and O–H groups in total. The van der Waals surface area contributed by atoms with Gasteiger partial charge in [0.25, 0.3) is 0 Å². The van der Waals surface area contributed by atoms with Crippen molar-refractivity contribution < 1.29 is 4.21 Å². The Labute approximate surface area is 178 Å². The van der Waals surface area contributed by atoms with Crippen LogP contribution in [0.3, 0.4) is 0 Å². The summed E-state index contributed by atoms with van der Waals surface area (Å²) in [7, 11) is -1.35. The van der Waals surface area contributed by atoms with Crippen molar-refractivity contribution in [1.29, 1.82) is 0 Å². The summed E-state index contributed by atoms with van der Waals surface area (Å²) in [6.07, 6.45) is 2.38. The molecule has 0 bridgehead atoms. The average Bonchev–Trinajstić information content (AvgIpc) is 3.31. The predicted octanol–water partition coefficient (Wildman–Crippen LogP) is 4.50. The van der Waals surface area contributed by atoms with E-state index >= 15 is 0 Å². The fourth-order valence-electron chi connectivity index (χ4n) is 4.18. The zero-order valence-corrected chi connectivity index (χ0v) is 17.8. The molecule has 2 heterocycles. The van der Waals surface area contributed by atoms with E-state index < -0.39 is 11.0 Å². The van der Waals surface area contributed by atoms with Crippen LogP contribution in [-0.2, 0) is 17.5 Å². The highest BCUT2D eigenvalue weighted by Crippen LogP contribution is 2.29. The number of aromatic nitrogens is 2. The van der Waals surface area contributed by atoms with E-state index in [9.17, 15) is 4.21 Å². The van der Waals surface area contributed by atoms with Crippen molar-refractivity contribution >= 4 is 38.5 Å². The SMILES string of the molecule is Cc1cccc2nc(CNS(=O)c3cccc4ccccc34)nc(N3CCCC3)c12. The predicted molar refractivity (Wildman–Crippen MR) is 123 cm³/mol. The number of nitrogens with one attached hydrogen (secondary N) is 1. The van der Waals surface area contributed by atoms with E-state index in [1.165, 1.54) is 18.4 Å². The maximum atomic E-state index is 13.0. The third-order valence-corrected chi connectivity index (χ3v) is 6.84. The quantitative estimate of drug-likeness (QED) is 0.520. The second-order valence-corrected chi connectivity index (χ2v) is 8.96. The van der Waals surface area contributed by atoms with Gasteiger partial charge in [-0.05, 0) is 48.2 Å². The highest BCUT2D eigenvalue weighted by molar-refractivity contribution is 7.83. The van der Waals surface area contributed by atoms with Crippen molar-refractivity contribution in [3.8, 4) is 0 Å². The van der Waals surface area contributed by atoms with E-state index in [0.29, 0.717) is 12.4 Å². The first-order valence-electron chi connectivity index (χ1n) is 10.3. The third-order valence-electron chi connectivity index (χ3n) is 5.68. The molecular formula is C24H24N4OS. The number of anilines is 1. The van der Waals surface area contributed by atoms with E-state index in [1.807, 2.05) is 54.6 Å². The largest absolute Gasteiger partial charge is 0.356 e. The fraction of sp³-hybridized carbons (Fsp3) is 0.250. The van der Waals surface area contributed by atoms with E-state index in [2.05, 4.69) is 22.6 Å². The van der Waals surface area contributed by atoms with Crippen LogP contribution < -0.4 is 9.62 Å². The molecule has 0 aliphatic carbocycles. The molecule has 1 unspecified atom stereocenters. The summed E-state index contributed by atoms with van der Waals surface area (Å²) >= 11 is 0. The summed E-state index contributed by atoms with van der Waals surface area (Å²) in [6.45, 7) is 4.50. The molecule has 1 aliphatic heterocycles. The highest BCUT2D eigenvalue weighted by atomic mass is 32.2. The van der Waals surface area contributed by atoms with Gasteiger partial charge in [-0.1, -0.05) is 48.5 Å². The zero-order chi connectivity index (χ0) is 20.5. The maximum Gasteiger partial charge on any atom is 0.146 e. The van der Waals surface area contributed by atoms with Crippen LogP contribution in [0.1, 0.15) is 24.2 Å². The van der Waals surface area contributed by atoms with Gasteiger partial charge in [0, 0.05) is 18.5 Å². The van der Waals surface area contributed by atoms with Crippen molar-refractivity contribution in [1.82, 2.24) is 14.7 Å². The van der Waals surface area contributed by atoms with Gasteiger partial charge in [0.05, 0.1) is 17.0 Å². The molecule has 6 heteroatoms. The Morgan fingerprint density at radius 2 is 1.73 bits per heavy atom. The Morgan fingerprint density at radius 1 is 0.967 bits per heavy atom. The van der Waals surface area contributed by atoms with Crippen LogP contribution in [0.2, 0.25) is 0 Å². The normalized spacial score (nSPS) is 15.2. The van der Waals surface area contributed by atoms with Crippen LogP contribution in [-0.4, -0.2) is 27.3 Å². The van der Waals surface area contributed by atoms with Gasteiger partial charge in [-0.2, -0.15) is 0 Å². The molecule has 0 spiro atoms. The molecule has 30 heavy (non-hydrogen) atoms. The molecule has 1 atom stereocenters. The fourth-order valence-corrected chi connectivity index (χ4v) is 5.18. The van der Waals surface area contributed by atoms with Crippen LogP contribution in [0.4, 0.5) is 5.82 Å². The molecule has 0 radical (unpaired) electrons.